The van der Waals surface area contributed by atoms with E-state index < -0.39 is 0 Å². The normalized spacial score (nSPS) is 14.4. The number of thiophene rings is 1. The molecule has 0 spiro atoms. The van der Waals surface area contributed by atoms with Gasteiger partial charge in [0.15, 0.2) is 0 Å². The highest BCUT2D eigenvalue weighted by molar-refractivity contribution is 7.16. The molecule has 0 saturated heterocycles. The van der Waals surface area contributed by atoms with Crippen LogP contribution in [0.3, 0.4) is 0 Å². The van der Waals surface area contributed by atoms with Gasteiger partial charge in [-0.2, -0.15) is 0 Å². The Kier molecular flexibility index (Phi) is 3.95. The molecule has 4 N–H and O–H groups in total. The van der Waals surface area contributed by atoms with E-state index in [1.807, 2.05) is 12.1 Å². The lowest BCUT2D eigenvalue weighted by atomic mass is 9.81. The summed E-state index contributed by atoms with van der Waals surface area (Å²) >= 11 is 7.42. The third-order valence-corrected chi connectivity index (χ3v) is 3.85. The van der Waals surface area contributed by atoms with Crippen molar-refractivity contribution in [3.05, 3.63) is 21.3 Å². The maximum Gasteiger partial charge on any atom is 0.0931 e. The van der Waals surface area contributed by atoms with E-state index in [1.54, 1.807) is 11.3 Å². The Morgan fingerprint density at radius 3 is 2.57 bits per heavy atom. The first kappa shape index (κ1) is 12.0. The highest BCUT2D eigenvalue weighted by Gasteiger charge is 2.27. The first-order chi connectivity index (χ1) is 6.47. The summed E-state index contributed by atoms with van der Waals surface area (Å²) in [4.78, 5) is 1.13. The van der Waals surface area contributed by atoms with Gasteiger partial charge in [-0.3, -0.25) is 0 Å². The lowest BCUT2D eigenvalue weighted by Crippen LogP contribution is -2.30. The highest BCUT2D eigenvalue weighted by atomic mass is 35.5. The number of hydrogen-bond acceptors (Lipinski definition) is 3. The molecule has 1 unspecified atom stereocenters. The summed E-state index contributed by atoms with van der Waals surface area (Å²) in [5.41, 5.74) is 11.8. The Bertz CT molecular complexity index is 296. The molecule has 0 bridgehead atoms. The molecule has 0 aliphatic carbocycles. The van der Waals surface area contributed by atoms with Crippen molar-refractivity contribution in [1.82, 2.24) is 0 Å². The molecule has 1 aromatic rings. The SMILES string of the molecule is CC(C)(CCN)C(N)c1ccc(Cl)s1. The summed E-state index contributed by atoms with van der Waals surface area (Å²) in [6.45, 7) is 4.94. The van der Waals surface area contributed by atoms with Crippen molar-refractivity contribution in [2.45, 2.75) is 26.3 Å². The van der Waals surface area contributed by atoms with Gasteiger partial charge in [0, 0.05) is 10.9 Å². The van der Waals surface area contributed by atoms with Crippen LogP contribution >= 0.6 is 22.9 Å². The van der Waals surface area contributed by atoms with Crippen LogP contribution in [-0.2, 0) is 0 Å². The molecule has 1 atom stereocenters. The minimum absolute atomic E-state index is 0.0172. The van der Waals surface area contributed by atoms with Crippen LogP contribution in [0.25, 0.3) is 0 Å². The second kappa shape index (κ2) is 4.62. The van der Waals surface area contributed by atoms with Crippen molar-refractivity contribution in [2.24, 2.45) is 16.9 Å². The molecule has 4 heteroatoms. The molecular formula is C10H17ClN2S. The lowest BCUT2D eigenvalue weighted by Gasteiger charge is -2.30. The Morgan fingerprint density at radius 2 is 2.14 bits per heavy atom. The fourth-order valence-corrected chi connectivity index (χ4v) is 2.68. The third kappa shape index (κ3) is 2.70. The fourth-order valence-electron chi connectivity index (χ4n) is 1.41. The fraction of sp³-hybridized carbons (Fsp3) is 0.600. The lowest BCUT2D eigenvalue weighted by molar-refractivity contribution is 0.274. The molecule has 0 fully saturated rings. The molecule has 1 rings (SSSR count). The summed E-state index contributed by atoms with van der Waals surface area (Å²) in [6.07, 6.45) is 0.920. The van der Waals surface area contributed by atoms with Crippen LogP contribution < -0.4 is 11.5 Å². The quantitative estimate of drug-likeness (QED) is 0.839. The number of rotatable bonds is 4. The van der Waals surface area contributed by atoms with Crippen molar-refractivity contribution in [2.75, 3.05) is 6.54 Å². The van der Waals surface area contributed by atoms with E-state index in [-0.39, 0.29) is 11.5 Å². The molecule has 0 aliphatic heterocycles. The van der Waals surface area contributed by atoms with Crippen LogP contribution in [0.2, 0.25) is 4.34 Å². The molecule has 0 amide bonds. The van der Waals surface area contributed by atoms with E-state index in [4.69, 9.17) is 23.1 Å². The van der Waals surface area contributed by atoms with Crippen LogP contribution in [0.1, 0.15) is 31.2 Å². The first-order valence-corrected chi connectivity index (χ1v) is 5.87. The number of nitrogens with two attached hydrogens (primary N) is 2. The molecule has 0 radical (unpaired) electrons. The van der Waals surface area contributed by atoms with Crippen LogP contribution in [-0.4, -0.2) is 6.54 Å². The Hall–Kier alpha value is -0.0900. The predicted octanol–water partition coefficient (Wildman–Crippen LogP) is 2.78. The molecule has 1 aromatic heterocycles. The van der Waals surface area contributed by atoms with E-state index in [0.717, 1.165) is 15.6 Å². The summed E-state index contributed by atoms with van der Waals surface area (Å²) in [6, 6.07) is 3.90. The van der Waals surface area contributed by atoms with E-state index >= 15 is 0 Å². The van der Waals surface area contributed by atoms with Gasteiger partial charge >= 0.3 is 0 Å². The van der Waals surface area contributed by atoms with Crippen molar-refractivity contribution >= 4 is 22.9 Å². The van der Waals surface area contributed by atoms with E-state index in [0.29, 0.717) is 6.54 Å². The molecule has 2 nitrogen and oxygen atoms in total. The maximum absolute atomic E-state index is 6.17. The van der Waals surface area contributed by atoms with Crippen molar-refractivity contribution in [3.63, 3.8) is 0 Å². The van der Waals surface area contributed by atoms with Crippen LogP contribution in [0.4, 0.5) is 0 Å². The van der Waals surface area contributed by atoms with Crippen LogP contribution in [0, 0.1) is 5.41 Å². The third-order valence-electron chi connectivity index (χ3n) is 2.53. The zero-order valence-corrected chi connectivity index (χ0v) is 10.2. The number of halogens is 1. The van der Waals surface area contributed by atoms with Gasteiger partial charge in [0.25, 0.3) is 0 Å². The highest BCUT2D eigenvalue weighted by Crippen LogP contribution is 2.38. The Morgan fingerprint density at radius 1 is 1.50 bits per heavy atom. The first-order valence-electron chi connectivity index (χ1n) is 4.68. The monoisotopic (exact) mass is 232 g/mol. The van der Waals surface area contributed by atoms with Crippen molar-refractivity contribution in [1.29, 1.82) is 0 Å². The largest absolute Gasteiger partial charge is 0.330 e. The minimum atomic E-state index is 0.0172. The van der Waals surface area contributed by atoms with E-state index in [2.05, 4.69) is 13.8 Å². The van der Waals surface area contributed by atoms with Gasteiger partial charge in [-0.05, 0) is 30.5 Å². The minimum Gasteiger partial charge on any atom is -0.330 e. The summed E-state index contributed by atoms with van der Waals surface area (Å²) in [5, 5.41) is 0. The standard InChI is InChI=1S/C10H17ClN2S/c1-10(2,5-6-12)9(13)7-3-4-8(11)14-7/h3-4,9H,5-6,12-13H2,1-2H3. The van der Waals surface area contributed by atoms with Crippen LogP contribution in [0.5, 0.6) is 0 Å². The average Bonchev–Trinajstić information content (AvgIpc) is 2.50. The Balaban J connectivity index is 2.78. The summed E-state index contributed by atoms with van der Waals surface area (Å²) in [7, 11) is 0. The zero-order valence-electron chi connectivity index (χ0n) is 8.59. The molecule has 1 heterocycles. The van der Waals surface area contributed by atoms with Gasteiger partial charge in [0.05, 0.1) is 4.34 Å². The molecule has 14 heavy (non-hydrogen) atoms. The molecule has 0 aromatic carbocycles. The molecule has 80 valence electrons. The van der Waals surface area contributed by atoms with Gasteiger partial charge in [-0.15, -0.1) is 11.3 Å². The van der Waals surface area contributed by atoms with Gasteiger partial charge in [0.2, 0.25) is 0 Å². The van der Waals surface area contributed by atoms with Gasteiger partial charge in [-0.25, -0.2) is 0 Å². The molecule has 0 saturated carbocycles. The van der Waals surface area contributed by atoms with E-state index in [9.17, 15) is 0 Å². The van der Waals surface area contributed by atoms with Crippen molar-refractivity contribution in [3.8, 4) is 0 Å². The topological polar surface area (TPSA) is 52.0 Å². The zero-order chi connectivity index (χ0) is 10.8. The maximum atomic E-state index is 6.17. The second-order valence-electron chi connectivity index (χ2n) is 4.15. The molecular weight excluding hydrogens is 216 g/mol. The smallest absolute Gasteiger partial charge is 0.0931 e. The Labute approximate surface area is 94.2 Å². The summed E-state index contributed by atoms with van der Waals surface area (Å²) < 4.78 is 0.791. The summed E-state index contributed by atoms with van der Waals surface area (Å²) in [5.74, 6) is 0. The number of hydrogen-bond donors (Lipinski definition) is 2. The average molecular weight is 233 g/mol. The van der Waals surface area contributed by atoms with E-state index in [1.165, 1.54) is 0 Å². The van der Waals surface area contributed by atoms with Gasteiger partial charge < -0.3 is 11.5 Å². The van der Waals surface area contributed by atoms with Gasteiger partial charge in [0.1, 0.15) is 0 Å². The molecule has 0 aliphatic rings. The second-order valence-corrected chi connectivity index (χ2v) is 5.89. The predicted molar refractivity (Wildman–Crippen MR) is 63.7 cm³/mol. The van der Waals surface area contributed by atoms with Crippen LogP contribution in [0.15, 0.2) is 12.1 Å². The van der Waals surface area contributed by atoms with Crippen molar-refractivity contribution < 1.29 is 0 Å². The van der Waals surface area contributed by atoms with Gasteiger partial charge in [-0.1, -0.05) is 25.4 Å².